The van der Waals surface area contributed by atoms with E-state index in [0.29, 0.717) is 0 Å². The van der Waals surface area contributed by atoms with Crippen molar-refractivity contribution in [3.05, 3.63) is 48.2 Å². The molecule has 2 rings (SSSR count). The standard InChI is InChI=1S/C18H25NOS/c1-3-5-9-18-16(14-19-11-13-21-12-4-2)15-8-6-7-10-17(15)20-18/h4,6-8,10,19H,2-3,5,9,11-14H2,1H3. The number of thioether (sulfide) groups is 1. The van der Waals surface area contributed by atoms with Gasteiger partial charge in [0.2, 0.25) is 0 Å². The molecule has 1 heterocycles. The molecule has 0 radical (unpaired) electrons. The molecule has 2 aromatic rings. The van der Waals surface area contributed by atoms with Gasteiger partial charge in [-0.05, 0) is 12.5 Å². The van der Waals surface area contributed by atoms with Gasteiger partial charge in [-0.15, -0.1) is 6.58 Å². The summed E-state index contributed by atoms with van der Waals surface area (Å²) < 4.78 is 6.04. The van der Waals surface area contributed by atoms with Crippen LogP contribution in [0.5, 0.6) is 0 Å². The highest BCUT2D eigenvalue weighted by Gasteiger charge is 2.12. The fourth-order valence-electron chi connectivity index (χ4n) is 2.41. The third-order valence-electron chi connectivity index (χ3n) is 3.50. The maximum absolute atomic E-state index is 6.04. The van der Waals surface area contributed by atoms with Crippen LogP contribution in [-0.4, -0.2) is 18.1 Å². The monoisotopic (exact) mass is 303 g/mol. The molecule has 1 aromatic heterocycles. The number of hydrogen-bond acceptors (Lipinski definition) is 3. The SMILES string of the molecule is C=CCSCCNCc1c(CCCC)oc2ccccc12. The Balaban J connectivity index is 2.00. The Kier molecular flexibility index (Phi) is 6.90. The van der Waals surface area contributed by atoms with E-state index in [1.54, 1.807) is 0 Å². The van der Waals surface area contributed by atoms with Crippen molar-refractivity contribution < 1.29 is 4.42 Å². The second-order valence-corrected chi connectivity index (χ2v) is 6.29. The smallest absolute Gasteiger partial charge is 0.134 e. The van der Waals surface area contributed by atoms with Gasteiger partial charge in [-0.2, -0.15) is 11.8 Å². The molecule has 1 aromatic carbocycles. The first-order chi connectivity index (χ1) is 10.4. The number of aryl methyl sites for hydroxylation is 1. The van der Waals surface area contributed by atoms with Crippen LogP contribution in [0.4, 0.5) is 0 Å². The second kappa shape index (κ2) is 8.96. The topological polar surface area (TPSA) is 25.2 Å². The highest BCUT2D eigenvalue weighted by atomic mass is 32.2. The van der Waals surface area contributed by atoms with Gasteiger partial charge in [0.15, 0.2) is 0 Å². The van der Waals surface area contributed by atoms with Crippen LogP contribution in [0.15, 0.2) is 41.3 Å². The molecule has 0 saturated carbocycles. The number of furan rings is 1. The van der Waals surface area contributed by atoms with Crippen LogP contribution in [-0.2, 0) is 13.0 Å². The molecular formula is C18H25NOS. The fourth-order valence-corrected chi connectivity index (χ4v) is 3.03. The normalized spacial score (nSPS) is 11.1. The van der Waals surface area contributed by atoms with Crippen molar-refractivity contribution in [2.45, 2.75) is 32.7 Å². The van der Waals surface area contributed by atoms with E-state index in [9.17, 15) is 0 Å². The molecule has 0 fully saturated rings. The molecule has 0 aliphatic rings. The first kappa shape index (κ1) is 16.2. The number of benzene rings is 1. The van der Waals surface area contributed by atoms with Crippen molar-refractivity contribution >= 4 is 22.7 Å². The lowest BCUT2D eigenvalue weighted by atomic mass is 10.1. The zero-order chi connectivity index (χ0) is 14.9. The number of fused-ring (bicyclic) bond motifs is 1. The van der Waals surface area contributed by atoms with Crippen LogP contribution in [0.3, 0.4) is 0 Å². The van der Waals surface area contributed by atoms with E-state index < -0.39 is 0 Å². The summed E-state index contributed by atoms with van der Waals surface area (Å²) in [4.78, 5) is 0. The third-order valence-corrected chi connectivity index (χ3v) is 4.46. The van der Waals surface area contributed by atoms with Crippen molar-refractivity contribution in [2.75, 3.05) is 18.1 Å². The number of para-hydroxylation sites is 1. The Bertz CT molecular complexity index is 561. The zero-order valence-corrected chi connectivity index (χ0v) is 13.7. The van der Waals surface area contributed by atoms with Crippen LogP contribution in [0.2, 0.25) is 0 Å². The summed E-state index contributed by atoms with van der Waals surface area (Å²) in [6, 6.07) is 8.36. The molecule has 0 aliphatic heterocycles. The van der Waals surface area contributed by atoms with E-state index in [-0.39, 0.29) is 0 Å². The Morgan fingerprint density at radius 2 is 2.19 bits per heavy atom. The molecule has 0 bridgehead atoms. The Hall–Kier alpha value is -1.19. The maximum atomic E-state index is 6.04. The van der Waals surface area contributed by atoms with Crippen molar-refractivity contribution in [2.24, 2.45) is 0 Å². The second-order valence-electron chi connectivity index (χ2n) is 5.14. The molecule has 2 nitrogen and oxygen atoms in total. The van der Waals surface area contributed by atoms with E-state index in [4.69, 9.17) is 4.42 Å². The minimum atomic E-state index is 0.894. The maximum Gasteiger partial charge on any atom is 0.134 e. The minimum Gasteiger partial charge on any atom is -0.461 e. The van der Waals surface area contributed by atoms with Gasteiger partial charge in [-0.1, -0.05) is 37.6 Å². The van der Waals surface area contributed by atoms with Crippen molar-refractivity contribution in [1.29, 1.82) is 0 Å². The number of unbranched alkanes of at least 4 members (excludes halogenated alkanes) is 1. The van der Waals surface area contributed by atoms with Gasteiger partial charge >= 0.3 is 0 Å². The molecule has 0 saturated heterocycles. The number of hydrogen-bond donors (Lipinski definition) is 1. The predicted molar refractivity (Wildman–Crippen MR) is 94.1 cm³/mol. The average Bonchev–Trinajstić information content (AvgIpc) is 2.86. The Morgan fingerprint density at radius 3 is 3.00 bits per heavy atom. The first-order valence-corrected chi connectivity index (χ1v) is 8.91. The van der Waals surface area contributed by atoms with Crippen LogP contribution in [0.25, 0.3) is 11.0 Å². The van der Waals surface area contributed by atoms with Crippen LogP contribution in [0, 0.1) is 0 Å². The van der Waals surface area contributed by atoms with Gasteiger partial charge in [-0.3, -0.25) is 0 Å². The van der Waals surface area contributed by atoms with Gasteiger partial charge in [-0.25, -0.2) is 0 Å². The highest BCUT2D eigenvalue weighted by molar-refractivity contribution is 7.99. The highest BCUT2D eigenvalue weighted by Crippen LogP contribution is 2.27. The van der Waals surface area contributed by atoms with Gasteiger partial charge in [0.05, 0.1) is 0 Å². The van der Waals surface area contributed by atoms with E-state index in [2.05, 4.69) is 37.0 Å². The lowest BCUT2D eigenvalue weighted by molar-refractivity contribution is 0.526. The quantitative estimate of drug-likeness (QED) is 0.505. The fraction of sp³-hybridized carbons (Fsp3) is 0.444. The summed E-state index contributed by atoms with van der Waals surface area (Å²) in [5, 5.41) is 4.80. The average molecular weight is 303 g/mol. The van der Waals surface area contributed by atoms with Crippen LogP contribution in [0.1, 0.15) is 31.1 Å². The molecule has 3 heteroatoms. The molecular weight excluding hydrogens is 278 g/mol. The van der Waals surface area contributed by atoms with Gasteiger partial charge in [0.1, 0.15) is 11.3 Å². The van der Waals surface area contributed by atoms with Crippen molar-refractivity contribution in [1.82, 2.24) is 5.32 Å². The lowest BCUT2D eigenvalue weighted by Crippen LogP contribution is -2.17. The van der Waals surface area contributed by atoms with Crippen molar-refractivity contribution in [3.8, 4) is 0 Å². The zero-order valence-electron chi connectivity index (χ0n) is 12.9. The molecule has 21 heavy (non-hydrogen) atoms. The van der Waals surface area contributed by atoms with E-state index in [0.717, 1.165) is 42.4 Å². The molecule has 0 unspecified atom stereocenters. The van der Waals surface area contributed by atoms with Gasteiger partial charge in [0.25, 0.3) is 0 Å². The van der Waals surface area contributed by atoms with Gasteiger partial charge < -0.3 is 9.73 Å². The molecule has 0 atom stereocenters. The molecule has 1 N–H and O–H groups in total. The molecule has 0 amide bonds. The number of rotatable bonds is 10. The summed E-state index contributed by atoms with van der Waals surface area (Å²) in [6.07, 6.45) is 5.37. The lowest BCUT2D eigenvalue weighted by Gasteiger charge is -2.05. The number of nitrogens with one attached hydrogen (secondary N) is 1. The summed E-state index contributed by atoms with van der Waals surface area (Å²) >= 11 is 1.91. The van der Waals surface area contributed by atoms with Gasteiger partial charge in [0, 0.05) is 42.0 Å². The van der Waals surface area contributed by atoms with Crippen LogP contribution < -0.4 is 5.32 Å². The molecule has 0 aliphatic carbocycles. The summed E-state index contributed by atoms with van der Waals surface area (Å²) in [5.74, 6) is 3.30. The Labute approximate surface area is 132 Å². The Morgan fingerprint density at radius 1 is 1.33 bits per heavy atom. The van der Waals surface area contributed by atoms with Crippen LogP contribution >= 0.6 is 11.8 Å². The van der Waals surface area contributed by atoms with Crippen molar-refractivity contribution in [3.63, 3.8) is 0 Å². The molecule has 0 spiro atoms. The molecule has 114 valence electrons. The van der Waals surface area contributed by atoms with E-state index >= 15 is 0 Å². The van der Waals surface area contributed by atoms with E-state index in [1.807, 2.05) is 23.9 Å². The first-order valence-electron chi connectivity index (χ1n) is 7.75. The minimum absolute atomic E-state index is 0.894. The largest absolute Gasteiger partial charge is 0.461 e. The van der Waals surface area contributed by atoms with E-state index in [1.165, 1.54) is 23.8 Å². The predicted octanol–water partition coefficient (Wildman–Crippen LogP) is 4.78. The summed E-state index contributed by atoms with van der Waals surface area (Å²) in [7, 11) is 0. The summed E-state index contributed by atoms with van der Waals surface area (Å²) in [6.45, 7) is 7.87. The third kappa shape index (κ3) is 4.65. The summed E-state index contributed by atoms with van der Waals surface area (Å²) in [5.41, 5.74) is 2.36.